The van der Waals surface area contributed by atoms with Crippen molar-refractivity contribution >= 4 is 21.6 Å². The molecule has 1 amide bonds. The number of amides is 1. The molecule has 0 bridgehead atoms. The molecule has 0 radical (unpaired) electrons. The number of sulfonamides is 1. The summed E-state index contributed by atoms with van der Waals surface area (Å²) in [5, 5.41) is 2.97. The van der Waals surface area contributed by atoms with E-state index in [1.54, 1.807) is 23.1 Å². The van der Waals surface area contributed by atoms with Crippen molar-refractivity contribution in [3.05, 3.63) is 23.8 Å². The Morgan fingerprint density at radius 3 is 2.61 bits per heavy atom. The van der Waals surface area contributed by atoms with Gasteiger partial charge in [-0.2, -0.15) is 4.31 Å². The molecule has 0 unspecified atom stereocenters. The SMILES string of the molecule is CCN(CC)S(=O)(=O)c1ccc2c(c1)CCN2C(=O)CCNC. The van der Waals surface area contributed by atoms with E-state index >= 15 is 0 Å². The van der Waals surface area contributed by atoms with Crippen molar-refractivity contribution < 1.29 is 13.2 Å². The normalized spacial score (nSPS) is 14.3. The Balaban J connectivity index is 2.27. The van der Waals surface area contributed by atoms with E-state index in [0.29, 0.717) is 43.9 Å². The number of anilines is 1. The summed E-state index contributed by atoms with van der Waals surface area (Å²) in [7, 11) is -1.64. The van der Waals surface area contributed by atoms with E-state index in [0.717, 1.165) is 11.3 Å². The number of carbonyl (C=O) groups excluding carboxylic acids is 1. The Bertz CT molecular complexity index is 669. The average molecular weight is 339 g/mol. The molecule has 0 saturated heterocycles. The van der Waals surface area contributed by atoms with Crippen molar-refractivity contribution in [1.29, 1.82) is 0 Å². The number of rotatable bonds is 7. The molecule has 0 spiro atoms. The molecule has 1 heterocycles. The minimum Gasteiger partial charge on any atom is -0.319 e. The van der Waals surface area contributed by atoms with Gasteiger partial charge in [-0.05, 0) is 37.2 Å². The molecule has 6 nitrogen and oxygen atoms in total. The molecule has 0 fully saturated rings. The first kappa shape index (κ1) is 17.9. The number of hydrogen-bond acceptors (Lipinski definition) is 4. The van der Waals surface area contributed by atoms with Crippen LogP contribution in [0.1, 0.15) is 25.8 Å². The maximum atomic E-state index is 12.6. The van der Waals surface area contributed by atoms with Gasteiger partial charge in [0.15, 0.2) is 0 Å². The minimum absolute atomic E-state index is 0.0671. The quantitative estimate of drug-likeness (QED) is 0.811. The van der Waals surface area contributed by atoms with Crippen molar-refractivity contribution in [2.24, 2.45) is 0 Å². The predicted octanol–water partition coefficient (Wildman–Crippen LogP) is 1.22. The van der Waals surface area contributed by atoms with Gasteiger partial charge in [0.1, 0.15) is 0 Å². The molecular weight excluding hydrogens is 314 g/mol. The molecule has 0 aromatic heterocycles. The Morgan fingerprint density at radius 1 is 1.30 bits per heavy atom. The highest BCUT2D eigenvalue weighted by atomic mass is 32.2. The summed E-state index contributed by atoms with van der Waals surface area (Å²) in [4.78, 5) is 14.3. The van der Waals surface area contributed by atoms with E-state index in [4.69, 9.17) is 0 Å². The second-order valence-corrected chi connectivity index (χ2v) is 7.47. The summed E-state index contributed by atoms with van der Waals surface area (Å²) in [5.41, 5.74) is 1.76. The number of fused-ring (bicyclic) bond motifs is 1. The number of nitrogens with one attached hydrogen (secondary N) is 1. The lowest BCUT2D eigenvalue weighted by Gasteiger charge is -2.20. The van der Waals surface area contributed by atoms with Gasteiger partial charge in [-0.15, -0.1) is 0 Å². The summed E-state index contributed by atoms with van der Waals surface area (Å²) in [6.45, 7) is 5.81. The van der Waals surface area contributed by atoms with Crippen LogP contribution >= 0.6 is 0 Å². The highest BCUT2D eigenvalue weighted by molar-refractivity contribution is 7.89. The van der Waals surface area contributed by atoms with Gasteiger partial charge in [0, 0.05) is 38.3 Å². The van der Waals surface area contributed by atoms with Gasteiger partial charge < -0.3 is 10.2 Å². The molecule has 1 aromatic rings. The van der Waals surface area contributed by atoms with E-state index < -0.39 is 10.0 Å². The average Bonchev–Trinajstić information content (AvgIpc) is 2.96. The van der Waals surface area contributed by atoms with E-state index in [1.165, 1.54) is 4.31 Å². The fraction of sp³-hybridized carbons (Fsp3) is 0.562. The first-order valence-electron chi connectivity index (χ1n) is 8.03. The Morgan fingerprint density at radius 2 is 2.00 bits per heavy atom. The molecule has 0 atom stereocenters. The summed E-state index contributed by atoms with van der Waals surface area (Å²) in [6, 6.07) is 5.08. The van der Waals surface area contributed by atoms with Gasteiger partial charge in [0.05, 0.1) is 4.90 Å². The first-order chi connectivity index (χ1) is 11.0. The molecule has 2 rings (SSSR count). The minimum atomic E-state index is -3.45. The van der Waals surface area contributed by atoms with Gasteiger partial charge in [-0.1, -0.05) is 13.8 Å². The fourth-order valence-electron chi connectivity index (χ4n) is 2.88. The van der Waals surface area contributed by atoms with Gasteiger partial charge in [0.25, 0.3) is 0 Å². The van der Waals surface area contributed by atoms with Crippen molar-refractivity contribution in [3.8, 4) is 0 Å². The van der Waals surface area contributed by atoms with E-state index in [1.807, 2.05) is 20.9 Å². The maximum absolute atomic E-state index is 12.6. The summed E-state index contributed by atoms with van der Waals surface area (Å²) >= 11 is 0. The molecule has 1 N–H and O–H groups in total. The molecule has 1 aromatic carbocycles. The monoisotopic (exact) mass is 339 g/mol. The van der Waals surface area contributed by atoms with Crippen LogP contribution in [0.3, 0.4) is 0 Å². The third-order valence-corrected chi connectivity index (χ3v) is 6.23. The van der Waals surface area contributed by atoms with Crippen LogP contribution < -0.4 is 10.2 Å². The maximum Gasteiger partial charge on any atom is 0.243 e. The molecule has 23 heavy (non-hydrogen) atoms. The summed E-state index contributed by atoms with van der Waals surface area (Å²) in [6.07, 6.45) is 1.14. The summed E-state index contributed by atoms with van der Waals surface area (Å²) in [5.74, 6) is 0.0671. The Kier molecular flexibility index (Phi) is 5.78. The second kappa shape index (κ2) is 7.42. The lowest BCUT2D eigenvalue weighted by atomic mass is 10.2. The number of benzene rings is 1. The zero-order chi connectivity index (χ0) is 17.0. The van der Waals surface area contributed by atoms with Crippen LogP contribution in [0.25, 0.3) is 0 Å². The number of carbonyl (C=O) groups is 1. The topological polar surface area (TPSA) is 69.7 Å². The highest BCUT2D eigenvalue weighted by Crippen LogP contribution is 2.31. The fourth-order valence-corrected chi connectivity index (χ4v) is 4.39. The zero-order valence-corrected chi connectivity index (χ0v) is 14.8. The molecular formula is C16H25N3O3S. The second-order valence-electron chi connectivity index (χ2n) is 5.53. The lowest BCUT2D eigenvalue weighted by molar-refractivity contribution is -0.118. The van der Waals surface area contributed by atoms with Crippen LogP contribution in [0.15, 0.2) is 23.1 Å². The molecule has 0 aliphatic carbocycles. The van der Waals surface area contributed by atoms with Crippen molar-refractivity contribution in [2.45, 2.75) is 31.6 Å². The molecule has 128 valence electrons. The highest BCUT2D eigenvalue weighted by Gasteiger charge is 2.28. The van der Waals surface area contributed by atoms with Gasteiger partial charge in [-0.3, -0.25) is 4.79 Å². The van der Waals surface area contributed by atoms with Crippen molar-refractivity contribution in [3.63, 3.8) is 0 Å². The van der Waals surface area contributed by atoms with Crippen molar-refractivity contribution in [2.75, 3.05) is 38.1 Å². The molecule has 1 aliphatic rings. The lowest BCUT2D eigenvalue weighted by Crippen LogP contribution is -2.31. The standard InChI is InChI=1S/C16H25N3O3S/c1-4-18(5-2)23(21,22)14-6-7-15-13(12-14)9-11-19(15)16(20)8-10-17-3/h6-7,12,17H,4-5,8-11H2,1-3H3. The van der Waals surface area contributed by atoms with Crippen molar-refractivity contribution in [1.82, 2.24) is 9.62 Å². The van der Waals surface area contributed by atoms with Crippen LogP contribution in [-0.4, -0.2) is 51.9 Å². The zero-order valence-electron chi connectivity index (χ0n) is 14.0. The number of hydrogen-bond donors (Lipinski definition) is 1. The Hall–Kier alpha value is -1.44. The predicted molar refractivity (Wildman–Crippen MR) is 91.1 cm³/mol. The summed E-state index contributed by atoms with van der Waals surface area (Å²) < 4.78 is 26.6. The van der Waals surface area contributed by atoms with Crippen LogP contribution in [0, 0.1) is 0 Å². The first-order valence-corrected chi connectivity index (χ1v) is 9.47. The largest absolute Gasteiger partial charge is 0.319 e. The third-order valence-electron chi connectivity index (χ3n) is 4.18. The van der Waals surface area contributed by atoms with E-state index in [9.17, 15) is 13.2 Å². The Labute approximate surface area is 138 Å². The van der Waals surface area contributed by atoms with Crippen LogP contribution in [-0.2, 0) is 21.2 Å². The molecule has 7 heteroatoms. The van der Waals surface area contributed by atoms with Crippen LogP contribution in [0.5, 0.6) is 0 Å². The van der Waals surface area contributed by atoms with Gasteiger partial charge in [-0.25, -0.2) is 8.42 Å². The van der Waals surface area contributed by atoms with Crippen LogP contribution in [0.2, 0.25) is 0 Å². The van der Waals surface area contributed by atoms with Gasteiger partial charge >= 0.3 is 0 Å². The van der Waals surface area contributed by atoms with Crippen LogP contribution in [0.4, 0.5) is 5.69 Å². The molecule has 1 aliphatic heterocycles. The smallest absolute Gasteiger partial charge is 0.243 e. The molecule has 0 saturated carbocycles. The third kappa shape index (κ3) is 3.57. The number of nitrogens with zero attached hydrogens (tertiary/aromatic N) is 2. The van der Waals surface area contributed by atoms with E-state index in [-0.39, 0.29) is 5.91 Å². The van der Waals surface area contributed by atoms with E-state index in [2.05, 4.69) is 5.32 Å². The van der Waals surface area contributed by atoms with Gasteiger partial charge in [0.2, 0.25) is 15.9 Å².